The van der Waals surface area contributed by atoms with Crippen LogP contribution in [0.3, 0.4) is 0 Å². The Hall–Kier alpha value is -1.94. The third-order valence-electron chi connectivity index (χ3n) is 15.8. The van der Waals surface area contributed by atoms with E-state index >= 15 is 0 Å². The second-order valence-electron chi connectivity index (χ2n) is 24.9. The lowest BCUT2D eigenvalue weighted by Crippen LogP contribution is -2.30. The lowest BCUT2D eigenvalue weighted by Gasteiger charge is -2.21. The molecule has 6 atom stereocenters. The van der Waals surface area contributed by atoms with Crippen molar-refractivity contribution in [3.8, 4) is 0 Å². The highest BCUT2D eigenvalue weighted by atomic mass is 31.2. The van der Waals surface area contributed by atoms with E-state index in [0.717, 1.165) is 115 Å². The van der Waals surface area contributed by atoms with Crippen LogP contribution in [0.15, 0.2) is 0 Å². The van der Waals surface area contributed by atoms with Gasteiger partial charge in [-0.1, -0.05) is 286 Å². The summed E-state index contributed by atoms with van der Waals surface area (Å²) in [6, 6.07) is 0. The zero-order valence-corrected chi connectivity index (χ0v) is 57.4. The Balaban J connectivity index is 5.22. The summed E-state index contributed by atoms with van der Waals surface area (Å²) in [4.78, 5) is 72.3. The van der Waals surface area contributed by atoms with Crippen LogP contribution in [0.5, 0.6) is 0 Å². The minimum atomic E-state index is -4.95. The SMILES string of the molecule is CCCCCCCCCCCCCCC(=O)O[C@H](COC(=O)CCCCCCCCC)COP(=O)(O)OC[C@H](O)COP(=O)(O)OC[C@@H](COC(=O)CCCCCCCCCCCCC(C)C)OC(=O)CCCCCCCCCCCCC(C)CC. The number of hydrogen-bond acceptors (Lipinski definition) is 15. The zero-order valence-electron chi connectivity index (χ0n) is 55.6. The van der Waals surface area contributed by atoms with Crippen LogP contribution in [0, 0.1) is 11.8 Å². The smallest absolute Gasteiger partial charge is 0.462 e. The second kappa shape index (κ2) is 59.4. The Bertz CT molecular complexity index is 1690. The molecular weight excluding hydrogens is 1140 g/mol. The molecule has 0 saturated heterocycles. The first kappa shape index (κ1) is 84.1. The van der Waals surface area contributed by atoms with Crippen LogP contribution in [0.1, 0.15) is 337 Å². The van der Waals surface area contributed by atoms with Crippen molar-refractivity contribution in [3.63, 3.8) is 0 Å². The van der Waals surface area contributed by atoms with Crippen molar-refractivity contribution < 1.29 is 80.2 Å². The zero-order chi connectivity index (χ0) is 63.6. The fourth-order valence-electron chi connectivity index (χ4n) is 10.0. The first-order chi connectivity index (χ1) is 41.4. The summed E-state index contributed by atoms with van der Waals surface area (Å²) in [6.07, 6.45) is 43.0. The van der Waals surface area contributed by atoms with Gasteiger partial charge in [0.25, 0.3) is 0 Å². The van der Waals surface area contributed by atoms with Crippen LogP contribution in [-0.4, -0.2) is 96.7 Å². The monoisotopic (exact) mass is 1270 g/mol. The van der Waals surface area contributed by atoms with Gasteiger partial charge >= 0.3 is 39.5 Å². The highest BCUT2D eigenvalue weighted by Gasteiger charge is 2.30. The molecule has 510 valence electrons. The highest BCUT2D eigenvalue weighted by Crippen LogP contribution is 2.45. The summed E-state index contributed by atoms with van der Waals surface area (Å²) in [6.45, 7) is 9.50. The molecule has 3 N–H and O–H groups in total. The molecule has 0 rings (SSSR count). The average molecular weight is 1270 g/mol. The van der Waals surface area contributed by atoms with E-state index in [2.05, 4.69) is 41.5 Å². The summed E-state index contributed by atoms with van der Waals surface area (Å²) in [5, 5.41) is 10.6. The van der Waals surface area contributed by atoms with Crippen molar-refractivity contribution >= 4 is 39.5 Å². The fraction of sp³-hybridized carbons (Fsp3) is 0.940. The van der Waals surface area contributed by atoms with Crippen molar-refractivity contribution in [2.45, 2.75) is 355 Å². The molecule has 0 aromatic rings. The van der Waals surface area contributed by atoms with E-state index in [4.69, 9.17) is 37.0 Å². The van der Waals surface area contributed by atoms with Crippen LogP contribution in [0.25, 0.3) is 0 Å². The van der Waals surface area contributed by atoms with Crippen LogP contribution < -0.4 is 0 Å². The van der Waals surface area contributed by atoms with E-state index in [-0.39, 0.29) is 25.7 Å². The van der Waals surface area contributed by atoms with Crippen molar-refractivity contribution in [1.82, 2.24) is 0 Å². The van der Waals surface area contributed by atoms with E-state index in [1.54, 1.807) is 0 Å². The van der Waals surface area contributed by atoms with Crippen molar-refractivity contribution in [1.29, 1.82) is 0 Å². The second-order valence-corrected chi connectivity index (χ2v) is 27.8. The number of aliphatic hydroxyl groups excluding tert-OH is 1. The first-order valence-corrected chi connectivity index (χ1v) is 38.0. The largest absolute Gasteiger partial charge is 0.472 e. The third-order valence-corrected chi connectivity index (χ3v) is 17.7. The predicted molar refractivity (Wildman–Crippen MR) is 345 cm³/mol. The number of phosphoric ester groups is 2. The van der Waals surface area contributed by atoms with Gasteiger partial charge in [0.15, 0.2) is 12.2 Å². The number of rotatable bonds is 66. The summed E-state index contributed by atoms with van der Waals surface area (Å²) in [7, 11) is -9.89. The summed E-state index contributed by atoms with van der Waals surface area (Å²) < 4.78 is 68.1. The molecule has 0 aromatic heterocycles. The number of hydrogen-bond donors (Lipinski definition) is 3. The third kappa shape index (κ3) is 59.7. The Morgan fingerprint density at radius 2 is 0.593 bits per heavy atom. The maximum Gasteiger partial charge on any atom is 0.472 e. The molecule has 0 amide bonds. The Labute approximate surface area is 524 Å². The number of unbranched alkanes of at least 4 members (excludes halogenated alkanes) is 35. The lowest BCUT2D eigenvalue weighted by atomic mass is 9.99. The van der Waals surface area contributed by atoms with Gasteiger partial charge in [-0.25, -0.2) is 9.13 Å². The van der Waals surface area contributed by atoms with Gasteiger partial charge < -0.3 is 33.8 Å². The van der Waals surface area contributed by atoms with Crippen LogP contribution in [-0.2, 0) is 65.4 Å². The van der Waals surface area contributed by atoms with Gasteiger partial charge in [-0.15, -0.1) is 0 Å². The van der Waals surface area contributed by atoms with Crippen LogP contribution in [0.4, 0.5) is 0 Å². The van der Waals surface area contributed by atoms with E-state index < -0.39 is 97.5 Å². The predicted octanol–water partition coefficient (Wildman–Crippen LogP) is 18.8. The van der Waals surface area contributed by atoms with Gasteiger partial charge in [0, 0.05) is 25.7 Å². The van der Waals surface area contributed by atoms with E-state index in [1.807, 2.05) is 0 Å². The minimum Gasteiger partial charge on any atom is -0.462 e. The molecular formula is C67H130O17P2. The molecule has 0 bridgehead atoms. The molecule has 19 heteroatoms. The molecule has 0 fully saturated rings. The van der Waals surface area contributed by atoms with E-state index in [0.29, 0.717) is 25.7 Å². The number of carbonyl (C=O) groups excluding carboxylic acids is 4. The molecule has 0 spiro atoms. The number of carbonyl (C=O) groups is 4. The number of ether oxygens (including phenoxy) is 4. The molecule has 0 aromatic carbocycles. The Morgan fingerprint density at radius 1 is 0.337 bits per heavy atom. The van der Waals surface area contributed by atoms with Crippen molar-refractivity contribution in [2.24, 2.45) is 11.8 Å². The summed E-state index contributed by atoms with van der Waals surface area (Å²) in [5.74, 6) is -0.570. The molecule has 86 heavy (non-hydrogen) atoms. The molecule has 0 heterocycles. The fourth-order valence-corrected chi connectivity index (χ4v) is 11.6. The summed E-state index contributed by atoms with van der Waals surface area (Å²) in [5.41, 5.74) is 0. The van der Waals surface area contributed by atoms with Crippen LogP contribution >= 0.6 is 15.6 Å². The molecule has 0 aliphatic rings. The molecule has 0 aliphatic carbocycles. The van der Waals surface area contributed by atoms with Gasteiger partial charge in [-0.05, 0) is 37.5 Å². The highest BCUT2D eigenvalue weighted by molar-refractivity contribution is 7.47. The molecule has 3 unspecified atom stereocenters. The quantitative estimate of drug-likeness (QED) is 0.0222. The van der Waals surface area contributed by atoms with E-state index in [1.165, 1.54) is 141 Å². The normalized spacial score (nSPS) is 14.5. The Kier molecular flexibility index (Phi) is 58.0. The van der Waals surface area contributed by atoms with Gasteiger partial charge in [0.05, 0.1) is 26.4 Å². The maximum atomic E-state index is 13.0. The van der Waals surface area contributed by atoms with E-state index in [9.17, 15) is 43.2 Å². The van der Waals surface area contributed by atoms with Crippen molar-refractivity contribution in [3.05, 3.63) is 0 Å². The van der Waals surface area contributed by atoms with Gasteiger partial charge in [0.1, 0.15) is 19.3 Å². The summed E-state index contributed by atoms with van der Waals surface area (Å²) >= 11 is 0. The maximum absolute atomic E-state index is 13.0. The molecule has 0 saturated carbocycles. The topological polar surface area (TPSA) is 237 Å². The minimum absolute atomic E-state index is 0.106. The molecule has 17 nitrogen and oxygen atoms in total. The average Bonchev–Trinajstić information content (AvgIpc) is 3.67. The van der Waals surface area contributed by atoms with Gasteiger partial charge in [-0.3, -0.25) is 37.3 Å². The number of aliphatic hydroxyl groups is 1. The molecule has 0 radical (unpaired) electrons. The lowest BCUT2D eigenvalue weighted by molar-refractivity contribution is -0.161. The standard InChI is InChI=1S/C67H130O17P2/c1-7-10-12-14-16-17-18-19-27-33-39-45-51-66(71)83-62(55-77-64(69)49-43-37-29-15-13-11-8-2)57-81-85(73,74)79-53-61(68)54-80-86(75,76)82-58-63(56-78-65(70)50-44-38-32-26-22-20-24-30-35-41-47-59(4)5)84-67(72)52-46-40-34-28-23-21-25-31-36-42-48-60(6)9-3/h59-63,68H,7-58H2,1-6H3,(H,73,74)(H,75,76)/t60?,61-,62+,63+/m0/s1. The van der Waals surface area contributed by atoms with Crippen LogP contribution in [0.2, 0.25) is 0 Å². The number of esters is 4. The van der Waals surface area contributed by atoms with Crippen molar-refractivity contribution in [2.75, 3.05) is 39.6 Å². The number of phosphoric acid groups is 2. The van der Waals surface area contributed by atoms with Gasteiger partial charge in [0.2, 0.25) is 0 Å². The molecule has 0 aliphatic heterocycles. The Morgan fingerprint density at radius 3 is 0.884 bits per heavy atom. The first-order valence-electron chi connectivity index (χ1n) is 35.0. The van der Waals surface area contributed by atoms with Gasteiger partial charge in [-0.2, -0.15) is 0 Å².